The smallest absolute Gasteiger partial charge is 0.243 e. The van der Waals surface area contributed by atoms with E-state index in [0.717, 1.165) is 0 Å². The van der Waals surface area contributed by atoms with E-state index in [9.17, 15) is 18.0 Å². The fraction of sp³-hybridized carbons (Fsp3) is 0.600. The zero-order valence-corrected chi connectivity index (χ0v) is 18.5. The zero-order valence-electron chi connectivity index (χ0n) is 17.7. The van der Waals surface area contributed by atoms with Crippen LogP contribution in [0.3, 0.4) is 0 Å². The maximum atomic E-state index is 12.7. The van der Waals surface area contributed by atoms with Crippen molar-refractivity contribution in [3.05, 3.63) is 30.3 Å². The molecule has 30 heavy (non-hydrogen) atoms. The quantitative estimate of drug-likeness (QED) is 0.494. The first-order valence-electron chi connectivity index (χ1n) is 9.98. The van der Waals surface area contributed by atoms with E-state index < -0.39 is 10.0 Å². The molecule has 0 atom stereocenters. The average Bonchev–Trinajstić information content (AvgIpc) is 2.78. The number of methoxy groups -OCH3 is 2. The number of nitrogens with zero attached hydrogens (tertiary/aromatic N) is 3. The van der Waals surface area contributed by atoms with Crippen LogP contribution >= 0.6 is 0 Å². The first kappa shape index (κ1) is 24.3. The van der Waals surface area contributed by atoms with Crippen molar-refractivity contribution >= 4 is 21.8 Å². The molecule has 9 nitrogen and oxygen atoms in total. The number of sulfonamides is 1. The van der Waals surface area contributed by atoms with Gasteiger partial charge < -0.3 is 19.3 Å². The van der Waals surface area contributed by atoms with Crippen LogP contribution in [-0.2, 0) is 29.1 Å². The zero-order chi connectivity index (χ0) is 22.0. The van der Waals surface area contributed by atoms with Gasteiger partial charge in [-0.05, 0) is 12.1 Å². The maximum Gasteiger partial charge on any atom is 0.243 e. The maximum absolute atomic E-state index is 12.7. The summed E-state index contributed by atoms with van der Waals surface area (Å²) < 4.78 is 36.8. The van der Waals surface area contributed by atoms with Crippen molar-refractivity contribution in [2.75, 3.05) is 66.7 Å². The number of carbonyl (C=O) groups excluding carboxylic acids is 2. The summed E-state index contributed by atoms with van der Waals surface area (Å²) in [4.78, 5) is 28.5. The minimum atomic E-state index is -3.56. The largest absolute Gasteiger partial charge is 0.383 e. The van der Waals surface area contributed by atoms with Gasteiger partial charge in [0.1, 0.15) is 0 Å². The third-order valence-electron chi connectivity index (χ3n) is 5.01. The van der Waals surface area contributed by atoms with Gasteiger partial charge in [-0.15, -0.1) is 0 Å². The van der Waals surface area contributed by atoms with Crippen LogP contribution in [0.2, 0.25) is 0 Å². The van der Waals surface area contributed by atoms with Gasteiger partial charge in [-0.25, -0.2) is 8.42 Å². The summed E-state index contributed by atoms with van der Waals surface area (Å²) in [7, 11) is -0.416. The Morgan fingerprint density at radius 1 is 0.933 bits per heavy atom. The molecule has 0 saturated carbocycles. The minimum absolute atomic E-state index is 0.0979. The highest BCUT2D eigenvalue weighted by molar-refractivity contribution is 7.89. The van der Waals surface area contributed by atoms with Gasteiger partial charge in [0.25, 0.3) is 0 Å². The fourth-order valence-electron chi connectivity index (χ4n) is 3.21. The Morgan fingerprint density at radius 2 is 1.50 bits per heavy atom. The third kappa shape index (κ3) is 6.76. The first-order valence-corrected chi connectivity index (χ1v) is 11.4. The molecule has 0 spiro atoms. The van der Waals surface area contributed by atoms with Crippen molar-refractivity contribution in [1.82, 2.24) is 14.1 Å². The Labute approximate surface area is 178 Å². The number of hydrogen-bond donors (Lipinski definition) is 0. The minimum Gasteiger partial charge on any atom is -0.383 e. The lowest BCUT2D eigenvalue weighted by Gasteiger charge is -2.34. The van der Waals surface area contributed by atoms with E-state index >= 15 is 0 Å². The monoisotopic (exact) mass is 441 g/mol. The summed E-state index contributed by atoms with van der Waals surface area (Å²) in [6.07, 6.45) is 0.204. The Balaban J connectivity index is 1.83. The standard InChI is InChI=1S/C20H31N3O6S/c1-28-16-14-22(15-17-29-2)20(25)9-8-19(24)21-10-12-23(13-11-21)30(26,27)18-6-4-3-5-7-18/h3-7H,8-17H2,1-2H3. The Morgan fingerprint density at radius 3 is 2.03 bits per heavy atom. The van der Waals surface area contributed by atoms with Crippen LogP contribution < -0.4 is 0 Å². The molecule has 0 N–H and O–H groups in total. The van der Waals surface area contributed by atoms with Crippen LogP contribution in [0.5, 0.6) is 0 Å². The Bertz CT molecular complexity index is 771. The van der Waals surface area contributed by atoms with Gasteiger partial charge in [-0.1, -0.05) is 18.2 Å². The van der Waals surface area contributed by atoms with Gasteiger partial charge >= 0.3 is 0 Å². The fourth-order valence-corrected chi connectivity index (χ4v) is 4.66. The molecule has 0 unspecified atom stereocenters. The van der Waals surface area contributed by atoms with E-state index in [1.165, 1.54) is 4.31 Å². The molecule has 168 valence electrons. The van der Waals surface area contributed by atoms with Crippen molar-refractivity contribution in [1.29, 1.82) is 0 Å². The van der Waals surface area contributed by atoms with Gasteiger partial charge in [-0.3, -0.25) is 9.59 Å². The summed E-state index contributed by atoms with van der Waals surface area (Å²) in [6, 6.07) is 8.27. The molecule has 0 aromatic heterocycles. The van der Waals surface area contributed by atoms with Gasteiger partial charge in [-0.2, -0.15) is 4.31 Å². The second-order valence-electron chi connectivity index (χ2n) is 6.96. The molecule has 0 bridgehead atoms. The number of piperazine rings is 1. The molecular formula is C20H31N3O6S. The summed E-state index contributed by atoms with van der Waals surface area (Å²) in [6.45, 7) is 2.84. The van der Waals surface area contributed by atoms with Crippen molar-refractivity contribution in [2.45, 2.75) is 17.7 Å². The van der Waals surface area contributed by atoms with Crippen LogP contribution in [0, 0.1) is 0 Å². The highest BCUT2D eigenvalue weighted by atomic mass is 32.2. The van der Waals surface area contributed by atoms with Gasteiger partial charge in [0.2, 0.25) is 21.8 Å². The summed E-state index contributed by atoms with van der Waals surface area (Å²) in [5.74, 6) is -0.263. The molecule has 1 aromatic rings. The molecule has 1 heterocycles. The molecule has 2 rings (SSSR count). The lowest BCUT2D eigenvalue weighted by atomic mass is 10.2. The normalized spacial score (nSPS) is 15.2. The molecule has 2 amide bonds. The van der Waals surface area contributed by atoms with E-state index in [0.29, 0.717) is 39.4 Å². The number of rotatable bonds is 11. The number of amides is 2. The molecule has 1 saturated heterocycles. The molecule has 0 aliphatic carbocycles. The molecule has 1 aliphatic heterocycles. The first-order chi connectivity index (χ1) is 14.4. The van der Waals surface area contributed by atoms with Gasteiger partial charge in [0, 0.05) is 66.3 Å². The summed E-state index contributed by atoms with van der Waals surface area (Å²) >= 11 is 0. The average molecular weight is 442 g/mol. The number of ether oxygens (including phenoxy) is 2. The second-order valence-corrected chi connectivity index (χ2v) is 8.90. The number of carbonyl (C=O) groups is 2. The highest BCUT2D eigenvalue weighted by Crippen LogP contribution is 2.17. The Kier molecular flexibility index (Phi) is 9.70. The predicted molar refractivity (Wildman–Crippen MR) is 111 cm³/mol. The molecule has 1 fully saturated rings. The molecular weight excluding hydrogens is 410 g/mol. The topological polar surface area (TPSA) is 96.5 Å². The molecule has 10 heteroatoms. The summed E-state index contributed by atoms with van der Waals surface area (Å²) in [5.41, 5.74) is 0. The van der Waals surface area contributed by atoms with Crippen LogP contribution in [0.15, 0.2) is 35.2 Å². The number of hydrogen-bond acceptors (Lipinski definition) is 6. The van der Waals surface area contributed by atoms with Crippen molar-refractivity contribution in [2.24, 2.45) is 0 Å². The lowest BCUT2D eigenvalue weighted by molar-refractivity contribution is -0.138. The number of benzene rings is 1. The van der Waals surface area contributed by atoms with Crippen molar-refractivity contribution in [3.63, 3.8) is 0 Å². The van der Waals surface area contributed by atoms with Gasteiger partial charge in [0.05, 0.1) is 18.1 Å². The van der Waals surface area contributed by atoms with Crippen LogP contribution in [0.25, 0.3) is 0 Å². The predicted octanol–water partition coefficient (Wildman–Crippen LogP) is 0.421. The summed E-state index contributed by atoms with van der Waals surface area (Å²) in [5, 5.41) is 0. The third-order valence-corrected chi connectivity index (χ3v) is 6.92. The van der Waals surface area contributed by atoms with E-state index in [1.807, 2.05) is 0 Å². The highest BCUT2D eigenvalue weighted by Gasteiger charge is 2.30. The molecule has 0 radical (unpaired) electrons. The Hall–Kier alpha value is -2.01. The molecule has 1 aliphatic rings. The van der Waals surface area contributed by atoms with E-state index in [1.54, 1.807) is 54.4 Å². The van der Waals surface area contributed by atoms with E-state index in [2.05, 4.69) is 0 Å². The van der Waals surface area contributed by atoms with Crippen molar-refractivity contribution < 1.29 is 27.5 Å². The van der Waals surface area contributed by atoms with Crippen molar-refractivity contribution in [3.8, 4) is 0 Å². The second kappa shape index (κ2) is 12.0. The van der Waals surface area contributed by atoms with E-state index in [4.69, 9.17) is 9.47 Å². The van der Waals surface area contributed by atoms with Crippen LogP contribution in [0.1, 0.15) is 12.8 Å². The SMILES string of the molecule is COCCN(CCOC)C(=O)CCC(=O)N1CCN(S(=O)(=O)c2ccccc2)CC1. The lowest BCUT2D eigenvalue weighted by Crippen LogP contribution is -2.50. The van der Waals surface area contributed by atoms with Gasteiger partial charge in [0.15, 0.2) is 0 Å². The van der Waals surface area contributed by atoms with Crippen LogP contribution in [0.4, 0.5) is 0 Å². The van der Waals surface area contributed by atoms with E-state index in [-0.39, 0.29) is 42.6 Å². The molecule has 1 aromatic carbocycles. The van der Waals surface area contributed by atoms with Crippen LogP contribution in [-0.4, -0.2) is 101 Å².